The molecule has 120 valence electrons. The third-order valence-electron chi connectivity index (χ3n) is 4.08. The molecule has 0 bridgehead atoms. The maximum Gasteiger partial charge on any atom is 0.187 e. The molecule has 1 aliphatic carbocycles. The van der Waals surface area contributed by atoms with Gasteiger partial charge < -0.3 is 5.32 Å². The van der Waals surface area contributed by atoms with Crippen molar-refractivity contribution in [1.82, 2.24) is 9.97 Å². The molecule has 2 heterocycles. The van der Waals surface area contributed by atoms with Crippen molar-refractivity contribution < 1.29 is 0 Å². The quantitative estimate of drug-likeness (QED) is 0.532. The van der Waals surface area contributed by atoms with E-state index in [1.54, 1.807) is 17.5 Å². The molecule has 1 aliphatic rings. The maximum atomic E-state index is 9.47. The minimum Gasteiger partial charge on any atom is -0.337 e. The van der Waals surface area contributed by atoms with Gasteiger partial charge in [0.05, 0.1) is 15.9 Å². The predicted octanol–water partition coefficient (Wildman–Crippen LogP) is 5.00. The Morgan fingerprint density at radius 1 is 1.12 bits per heavy atom. The van der Waals surface area contributed by atoms with Crippen molar-refractivity contribution in [3.63, 3.8) is 0 Å². The van der Waals surface area contributed by atoms with Gasteiger partial charge in [0.25, 0.3) is 0 Å². The van der Waals surface area contributed by atoms with E-state index in [2.05, 4.69) is 21.4 Å². The highest BCUT2D eigenvalue weighted by atomic mass is 32.1. The van der Waals surface area contributed by atoms with Crippen LogP contribution < -0.4 is 5.32 Å². The largest absolute Gasteiger partial charge is 0.337 e. The van der Waals surface area contributed by atoms with Crippen molar-refractivity contribution >= 4 is 43.6 Å². The fourth-order valence-electron chi connectivity index (χ4n) is 2.85. The third-order valence-corrected chi connectivity index (χ3v) is 6.24. The molecule has 0 saturated heterocycles. The molecule has 24 heavy (non-hydrogen) atoms. The zero-order chi connectivity index (χ0) is 16.4. The summed E-state index contributed by atoms with van der Waals surface area (Å²) in [6, 6.07) is 10.2. The van der Waals surface area contributed by atoms with Crippen molar-refractivity contribution in [3.8, 4) is 6.07 Å². The number of benzene rings is 1. The van der Waals surface area contributed by atoms with Gasteiger partial charge in [0, 0.05) is 11.1 Å². The Labute approximate surface area is 148 Å². The molecule has 0 amide bonds. The number of hydrogen-bond acceptors (Lipinski definition) is 6. The highest BCUT2D eigenvalue weighted by molar-refractivity contribution is 7.19. The Bertz CT molecular complexity index is 889. The highest BCUT2D eigenvalue weighted by Crippen LogP contribution is 2.30. The second kappa shape index (κ2) is 6.71. The van der Waals surface area contributed by atoms with E-state index in [-0.39, 0.29) is 0 Å². The standard InChI is InChI=1S/C18H16N4S2/c19-10-12(17-21-13-7-4-5-9-15(13)23-17)11-20-18-22-14-6-2-1-3-8-16(14)24-18/h4-5,7,9,11H,1-3,6,8H2,(H,20,22)/b12-11+. The zero-order valence-corrected chi connectivity index (χ0v) is 14.7. The van der Waals surface area contributed by atoms with Crippen LogP contribution in [0.3, 0.4) is 0 Å². The van der Waals surface area contributed by atoms with Crippen molar-refractivity contribution in [1.29, 1.82) is 5.26 Å². The van der Waals surface area contributed by atoms with Crippen LogP contribution in [-0.4, -0.2) is 9.97 Å². The smallest absolute Gasteiger partial charge is 0.187 e. The summed E-state index contributed by atoms with van der Waals surface area (Å²) in [6.45, 7) is 0. The molecule has 0 unspecified atom stereocenters. The van der Waals surface area contributed by atoms with E-state index in [0.717, 1.165) is 33.2 Å². The highest BCUT2D eigenvalue weighted by Gasteiger charge is 2.14. The summed E-state index contributed by atoms with van der Waals surface area (Å²) in [6.07, 6.45) is 7.69. The molecule has 3 aromatic rings. The van der Waals surface area contributed by atoms with Crippen LogP contribution in [0.5, 0.6) is 0 Å². The molecule has 4 nitrogen and oxygen atoms in total. The molecule has 4 rings (SSSR count). The molecule has 0 fully saturated rings. The van der Waals surface area contributed by atoms with Crippen LogP contribution in [0.2, 0.25) is 0 Å². The summed E-state index contributed by atoms with van der Waals surface area (Å²) in [5.41, 5.74) is 2.70. The molecule has 2 aromatic heterocycles. The van der Waals surface area contributed by atoms with Crippen LogP contribution in [0.25, 0.3) is 15.8 Å². The topological polar surface area (TPSA) is 61.6 Å². The van der Waals surface area contributed by atoms with Crippen molar-refractivity contribution in [2.45, 2.75) is 32.1 Å². The van der Waals surface area contributed by atoms with Crippen LogP contribution in [0.4, 0.5) is 5.13 Å². The van der Waals surface area contributed by atoms with Gasteiger partial charge in [-0.2, -0.15) is 5.26 Å². The van der Waals surface area contributed by atoms with Crippen LogP contribution in [0.15, 0.2) is 30.5 Å². The number of nitriles is 1. The van der Waals surface area contributed by atoms with E-state index in [9.17, 15) is 5.26 Å². The van der Waals surface area contributed by atoms with Gasteiger partial charge in [0.1, 0.15) is 16.6 Å². The van der Waals surface area contributed by atoms with Crippen LogP contribution in [0, 0.1) is 11.3 Å². The minimum atomic E-state index is 0.543. The summed E-state index contributed by atoms with van der Waals surface area (Å²) in [5.74, 6) is 0. The number of fused-ring (bicyclic) bond motifs is 2. The minimum absolute atomic E-state index is 0.543. The normalized spacial score (nSPS) is 14.9. The number of thiazole rings is 2. The third kappa shape index (κ3) is 3.05. The Morgan fingerprint density at radius 3 is 2.88 bits per heavy atom. The van der Waals surface area contributed by atoms with E-state index < -0.39 is 0 Å². The summed E-state index contributed by atoms with van der Waals surface area (Å²) in [7, 11) is 0. The fourth-order valence-corrected chi connectivity index (χ4v) is 4.80. The lowest BCUT2D eigenvalue weighted by Crippen LogP contribution is -1.91. The second-order valence-electron chi connectivity index (χ2n) is 5.75. The Hall–Kier alpha value is -2.23. The van der Waals surface area contributed by atoms with E-state index >= 15 is 0 Å². The first-order valence-electron chi connectivity index (χ1n) is 8.05. The van der Waals surface area contributed by atoms with Crippen molar-refractivity contribution in [3.05, 3.63) is 46.0 Å². The first kappa shape index (κ1) is 15.3. The van der Waals surface area contributed by atoms with Gasteiger partial charge in [-0.25, -0.2) is 9.97 Å². The Kier molecular flexibility index (Phi) is 4.28. The van der Waals surface area contributed by atoms with E-state index in [1.807, 2.05) is 24.3 Å². The van der Waals surface area contributed by atoms with Gasteiger partial charge in [0.15, 0.2) is 5.13 Å². The molecular weight excluding hydrogens is 336 g/mol. The molecule has 1 aromatic carbocycles. The van der Waals surface area contributed by atoms with E-state index in [0.29, 0.717) is 5.57 Å². The summed E-state index contributed by atoms with van der Waals surface area (Å²) < 4.78 is 1.09. The first-order chi connectivity index (χ1) is 11.8. The number of anilines is 1. The lowest BCUT2D eigenvalue weighted by molar-refractivity contribution is 0.709. The van der Waals surface area contributed by atoms with Crippen LogP contribution >= 0.6 is 22.7 Å². The molecular formula is C18H16N4S2. The monoisotopic (exact) mass is 352 g/mol. The zero-order valence-electron chi connectivity index (χ0n) is 13.1. The number of para-hydroxylation sites is 1. The summed E-state index contributed by atoms with van der Waals surface area (Å²) in [4.78, 5) is 10.6. The van der Waals surface area contributed by atoms with E-state index in [4.69, 9.17) is 0 Å². The van der Waals surface area contributed by atoms with Gasteiger partial charge >= 0.3 is 0 Å². The number of hydrogen-bond donors (Lipinski definition) is 1. The lowest BCUT2D eigenvalue weighted by Gasteiger charge is -1.96. The average Bonchev–Trinajstić information content (AvgIpc) is 3.13. The molecule has 0 aliphatic heterocycles. The predicted molar refractivity (Wildman–Crippen MR) is 100 cm³/mol. The molecule has 6 heteroatoms. The van der Waals surface area contributed by atoms with Gasteiger partial charge in [-0.15, -0.1) is 22.7 Å². The first-order valence-corrected chi connectivity index (χ1v) is 9.68. The van der Waals surface area contributed by atoms with Gasteiger partial charge in [-0.1, -0.05) is 18.6 Å². The second-order valence-corrected chi connectivity index (χ2v) is 7.86. The number of nitrogens with zero attached hydrogens (tertiary/aromatic N) is 3. The fraction of sp³-hybridized carbons (Fsp3) is 0.278. The van der Waals surface area contributed by atoms with Gasteiger partial charge in [0.2, 0.25) is 0 Å². The average molecular weight is 352 g/mol. The lowest BCUT2D eigenvalue weighted by atomic mass is 10.2. The van der Waals surface area contributed by atoms with Crippen LogP contribution in [0.1, 0.15) is 34.8 Å². The molecule has 0 saturated carbocycles. The number of rotatable bonds is 3. The molecule has 0 atom stereocenters. The number of aryl methyl sites for hydroxylation is 2. The summed E-state index contributed by atoms with van der Waals surface area (Å²) >= 11 is 3.24. The van der Waals surface area contributed by atoms with E-state index in [1.165, 1.54) is 41.2 Å². The Morgan fingerprint density at radius 2 is 2.00 bits per heavy atom. The number of aromatic nitrogens is 2. The van der Waals surface area contributed by atoms with Gasteiger partial charge in [-0.3, -0.25) is 0 Å². The molecule has 1 N–H and O–H groups in total. The van der Waals surface area contributed by atoms with Crippen molar-refractivity contribution in [2.24, 2.45) is 0 Å². The number of allylic oxidation sites excluding steroid dienone is 1. The molecule has 0 radical (unpaired) electrons. The van der Waals surface area contributed by atoms with Gasteiger partial charge in [-0.05, 0) is 37.8 Å². The number of nitrogens with one attached hydrogen (secondary N) is 1. The van der Waals surface area contributed by atoms with Crippen molar-refractivity contribution in [2.75, 3.05) is 5.32 Å². The summed E-state index contributed by atoms with van der Waals surface area (Å²) in [5, 5.41) is 14.3. The SMILES string of the molecule is N#C/C(=C\Nc1nc2c(s1)CCCCC2)c1nc2ccccc2s1. The van der Waals surface area contributed by atoms with Crippen LogP contribution in [-0.2, 0) is 12.8 Å². The molecule has 0 spiro atoms. The maximum absolute atomic E-state index is 9.47. The Balaban J connectivity index is 1.58.